The van der Waals surface area contributed by atoms with Crippen LogP contribution in [-0.4, -0.2) is 36.6 Å². The Morgan fingerprint density at radius 1 is 1.24 bits per heavy atom. The van der Waals surface area contributed by atoms with Gasteiger partial charge in [0.1, 0.15) is 5.01 Å². The van der Waals surface area contributed by atoms with E-state index in [9.17, 15) is 4.79 Å². The molecule has 0 aromatic carbocycles. The van der Waals surface area contributed by atoms with Gasteiger partial charge in [0.2, 0.25) is 11.0 Å². The fourth-order valence-corrected chi connectivity index (χ4v) is 5.91. The predicted octanol–water partition coefficient (Wildman–Crippen LogP) is 4.74. The first-order valence-electron chi connectivity index (χ1n) is 9.87. The van der Waals surface area contributed by atoms with Crippen molar-refractivity contribution in [3.05, 3.63) is 21.3 Å². The number of rotatable bonds is 7. The molecule has 3 aromatic heterocycles. The first kappa shape index (κ1) is 20.5. The number of nitrogens with zero attached hydrogens (tertiary/aromatic N) is 5. The molecule has 10 heteroatoms. The number of nitrogens with one attached hydrogen (secondary N) is 1. The average molecular weight is 449 g/mol. The monoisotopic (exact) mass is 448 g/mol. The molecular formula is C19H24N6OS3. The van der Waals surface area contributed by atoms with Gasteiger partial charge in [0.05, 0.1) is 5.75 Å². The van der Waals surface area contributed by atoms with Crippen molar-refractivity contribution in [1.82, 2.24) is 25.0 Å². The standard InChI is InChI=1S/C19H24N6OS3/c1-3-14-9-13(10-27-14)16-21-24-19(25(16)2)28-11-15(26)20-18-23-22-17(29-18)12-7-5-4-6-8-12/h9-10,12H,3-8,11H2,1-2H3,(H,20,23,26). The summed E-state index contributed by atoms with van der Waals surface area (Å²) < 4.78 is 1.94. The van der Waals surface area contributed by atoms with Crippen LogP contribution in [0, 0.1) is 0 Å². The second-order valence-corrected chi connectivity index (χ2v) is 10.1. The van der Waals surface area contributed by atoms with E-state index in [1.54, 1.807) is 11.3 Å². The summed E-state index contributed by atoms with van der Waals surface area (Å²) >= 11 is 4.61. The van der Waals surface area contributed by atoms with Crippen LogP contribution < -0.4 is 5.32 Å². The van der Waals surface area contributed by atoms with Gasteiger partial charge in [-0.3, -0.25) is 10.1 Å². The number of aryl methyl sites for hydroxylation is 1. The van der Waals surface area contributed by atoms with E-state index in [1.165, 1.54) is 60.1 Å². The second kappa shape index (κ2) is 9.36. The first-order valence-corrected chi connectivity index (χ1v) is 12.6. The quantitative estimate of drug-likeness (QED) is 0.526. The van der Waals surface area contributed by atoms with E-state index in [1.807, 2.05) is 11.6 Å². The lowest BCUT2D eigenvalue weighted by atomic mass is 9.90. The maximum Gasteiger partial charge on any atom is 0.236 e. The number of amides is 1. The predicted molar refractivity (Wildman–Crippen MR) is 119 cm³/mol. The van der Waals surface area contributed by atoms with E-state index in [2.05, 4.69) is 44.1 Å². The van der Waals surface area contributed by atoms with E-state index >= 15 is 0 Å². The van der Waals surface area contributed by atoms with E-state index in [4.69, 9.17) is 0 Å². The van der Waals surface area contributed by atoms with Crippen LogP contribution in [0.4, 0.5) is 5.13 Å². The Kier molecular flexibility index (Phi) is 6.61. The van der Waals surface area contributed by atoms with Gasteiger partial charge in [0, 0.05) is 28.8 Å². The van der Waals surface area contributed by atoms with E-state index in [-0.39, 0.29) is 11.7 Å². The Morgan fingerprint density at radius 3 is 2.83 bits per heavy atom. The molecule has 0 unspecified atom stereocenters. The van der Waals surface area contributed by atoms with Crippen LogP contribution in [0.2, 0.25) is 0 Å². The number of aromatic nitrogens is 5. The smallest absolute Gasteiger partial charge is 0.236 e. The van der Waals surface area contributed by atoms with Gasteiger partial charge < -0.3 is 4.57 Å². The lowest BCUT2D eigenvalue weighted by Crippen LogP contribution is -2.14. The zero-order valence-corrected chi connectivity index (χ0v) is 19.0. The molecule has 1 fully saturated rings. The molecule has 3 heterocycles. The third kappa shape index (κ3) is 4.87. The highest BCUT2D eigenvalue weighted by Crippen LogP contribution is 2.35. The van der Waals surface area contributed by atoms with Gasteiger partial charge in [-0.05, 0) is 25.3 Å². The van der Waals surface area contributed by atoms with Crippen molar-refractivity contribution in [1.29, 1.82) is 0 Å². The minimum Gasteiger partial charge on any atom is -0.305 e. The van der Waals surface area contributed by atoms with Gasteiger partial charge in [-0.15, -0.1) is 31.7 Å². The van der Waals surface area contributed by atoms with Gasteiger partial charge in [0.25, 0.3) is 0 Å². The Morgan fingerprint density at radius 2 is 2.07 bits per heavy atom. The van der Waals surface area contributed by atoms with E-state index in [0.717, 1.165) is 28.0 Å². The van der Waals surface area contributed by atoms with Crippen molar-refractivity contribution < 1.29 is 4.79 Å². The molecule has 1 saturated carbocycles. The molecule has 0 radical (unpaired) electrons. The zero-order valence-electron chi connectivity index (χ0n) is 16.6. The number of thioether (sulfide) groups is 1. The van der Waals surface area contributed by atoms with E-state index < -0.39 is 0 Å². The van der Waals surface area contributed by atoms with E-state index in [0.29, 0.717) is 11.0 Å². The number of carbonyl (C=O) groups is 1. The van der Waals surface area contributed by atoms with Gasteiger partial charge in [-0.1, -0.05) is 49.3 Å². The summed E-state index contributed by atoms with van der Waals surface area (Å²) in [6, 6.07) is 2.15. The molecule has 0 atom stereocenters. The molecular weight excluding hydrogens is 424 g/mol. The number of anilines is 1. The molecule has 7 nitrogen and oxygen atoms in total. The molecule has 4 rings (SSSR count). The van der Waals surface area contributed by atoms with Crippen molar-refractivity contribution in [3.8, 4) is 11.4 Å². The minimum atomic E-state index is -0.102. The molecule has 154 valence electrons. The molecule has 3 aromatic rings. The molecule has 0 saturated heterocycles. The van der Waals surface area contributed by atoms with Crippen LogP contribution in [0.15, 0.2) is 16.6 Å². The second-order valence-electron chi connectivity index (χ2n) is 7.14. The summed E-state index contributed by atoms with van der Waals surface area (Å²) in [5.74, 6) is 1.48. The molecule has 1 aliphatic carbocycles. The van der Waals surface area contributed by atoms with Gasteiger partial charge in [0.15, 0.2) is 11.0 Å². The summed E-state index contributed by atoms with van der Waals surface area (Å²) in [6.45, 7) is 2.14. The number of hydrogen-bond acceptors (Lipinski definition) is 8. The third-order valence-corrected chi connectivity index (χ3v) is 8.17. The largest absolute Gasteiger partial charge is 0.305 e. The fraction of sp³-hybridized carbons (Fsp3) is 0.526. The number of carbonyl (C=O) groups excluding carboxylic acids is 1. The van der Waals surface area contributed by atoms with Gasteiger partial charge >= 0.3 is 0 Å². The number of thiophene rings is 1. The summed E-state index contributed by atoms with van der Waals surface area (Å²) in [5.41, 5.74) is 1.07. The lowest BCUT2D eigenvalue weighted by Gasteiger charge is -2.18. The lowest BCUT2D eigenvalue weighted by molar-refractivity contribution is -0.113. The minimum absolute atomic E-state index is 0.102. The maximum atomic E-state index is 12.4. The molecule has 0 spiro atoms. The Bertz CT molecular complexity index is 972. The van der Waals surface area contributed by atoms with Crippen LogP contribution in [0.3, 0.4) is 0 Å². The SMILES string of the molecule is CCc1cc(-c2nnc(SCC(=O)Nc3nnc(C4CCCCC4)s3)n2C)cs1. The number of hydrogen-bond donors (Lipinski definition) is 1. The van der Waals surface area contributed by atoms with Crippen LogP contribution in [-0.2, 0) is 18.3 Å². The summed E-state index contributed by atoms with van der Waals surface area (Å²) in [7, 11) is 1.93. The van der Waals surface area contributed by atoms with Crippen molar-refractivity contribution in [3.63, 3.8) is 0 Å². The maximum absolute atomic E-state index is 12.4. The van der Waals surface area contributed by atoms with Crippen LogP contribution in [0.5, 0.6) is 0 Å². The highest BCUT2D eigenvalue weighted by Gasteiger charge is 2.20. The molecule has 1 amide bonds. The zero-order chi connectivity index (χ0) is 20.2. The highest BCUT2D eigenvalue weighted by atomic mass is 32.2. The Labute approximate surface area is 182 Å². The topological polar surface area (TPSA) is 85.6 Å². The van der Waals surface area contributed by atoms with Crippen molar-refractivity contribution >= 4 is 45.5 Å². The molecule has 29 heavy (non-hydrogen) atoms. The van der Waals surface area contributed by atoms with Crippen LogP contribution >= 0.6 is 34.4 Å². The average Bonchev–Trinajstić information content (AvgIpc) is 3.47. The van der Waals surface area contributed by atoms with Crippen molar-refractivity contribution in [2.45, 2.75) is 56.5 Å². The summed E-state index contributed by atoms with van der Waals surface area (Å²) in [5, 5.41) is 24.3. The normalized spacial score (nSPS) is 15.0. The van der Waals surface area contributed by atoms with Crippen LogP contribution in [0.1, 0.15) is 54.8 Å². The third-order valence-electron chi connectivity index (χ3n) is 5.07. The Balaban J connectivity index is 1.32. The summed E-state index contributed by atoms with van der Waals surface area (Å²) in [6.07, 6.45) is 7.19. The van der Waals surface area contributed by atoms with Crippen molar-refractivity contribution in [2.75, 3.05) is 11.1 Å². The molecule has 0 aliphatic heterocycles. The van der Waals surface area contributed by atoms with Crippen LogP contribution in [0.25, 0.3) is 11.4 Å². The van der Waals surface area contributed by atoms with Gasteiger partial charge in [-0.2, -0.15) is 0 Å². The Hall–Kier alpha value is -1.78. The summed E-state index contributed by atoms with van der Waals surface area (Å²) in [4.78, 5) is 13.7. The molecule has 1 N–H and O–H groups in total. The molecule has 0 bridgehead atoms. The fourth-order valence-electron chi connectivity index (χ4n) is 3.46. The highest BCUT2D eigenvalue weighted by molar-refractivity contribution is 7.99. The first-order chi connectivity index (χ1) is 14.1. The van der Waals surface area contributed by atoms with Gasteiger partial charge in [-0.25, -0.2) is 0 Å². The molecule has 1 aliphatic rings. The van der Waals surface area contributed by atoms with Crippen molar-refractivity contribution in [2.24, 2.45) is 7.05 Å².